The van der Waals surface area contributed by atoms with Crippen molar-refractivity contribution in [2.24, 2.45) is 0 Å². The summed E-state index contributed by atoms with van der Waals surface area (Å²) in [5.74, 6) is 0.724. The van der Waals surface area contributed by atoms with Crippen LogP contribution in [0.15, 0.2) is 12.1 Å². The molecule has 0 radical (unpaired) electrons. The molecule has 18 heavy (non-hydrogen) atoms. The van der Waals surface area contributed by atoms with Crippen LogP contribution in [-0.4, -0.2) is 16.6 Å². The Labute approximate surface area is 111 Å². The van der Waals surface area contributed by atoms with Crippen LogP contribution in [0.25, 0.3) is 0 Å². The zero-order chi connectivity index (χ0) is 13.8. The number of ether oxygens (including phenoxy) is 1. The Balaban J connectivity index is 2.87. The number of nitrogens with one attached hydrogen (secondary N) is 1. The van der Waals surface area contributed by atoms with Crippen LogP contribution >= 0.6 is 0 Å². The van der Waals surface area contributed by atoms with E-state index in [4.69, 9.17) is 4.74 Å². The number of aromatic nitrogens is 1. The normalized spacial score (nSPS) is 11.9. The Kier molecular flexibility index (Phi) is 5.15. The number of nitrogens with zero attached hydrogens (tertiary/aromatic N) is 1. The second kappa shape index (κ2) is 6.19. The van der Waals surface area contributed by atoms with Crippen molar-refractivity contribution in [3.63, 3.8) is 0 Å². The Morgan fingerprint density at radius 2 is 1.94 bits per heavy atom. The van der Waals surface area contributed by atoms with E-state index in [1.165, 1.54) is 5.56 Å². The third kappa shape index (κ3) is 5.50. The van der Waals surface area contributed by atoms with Crippen molar-refractivity contribution < 1.29 is 4.74 Å². The highest BCUT2D eigenvalue weighted by atomic mass is 16.5. The molecule has 102 valence electrons. The van der Waals surface area contributed by atoms with Crippen LogP contribution in [0.4, 0.5) is 0 Å². The molecule has 0 unspecified atom stereocenters. The number of rotatable bonds is 5. The van der Waals surface area contributed by atoms with Crippen LogP contribution < -0.4 is 10.1 Å². The van der Waals surface area contributed by atoms with E-state index in [2.05, 4.69) is 37.1 Å². The van der Waals surface area contributed by atoms with E-state index >= 15 is 0 Å². The first-order valence-corrected chi connectivity index (χ1v) is 6.72. The van der Waals surface area contributed by atoms with Crippen molar-refractivity contribution >= 4 is 0 Å². The Morgan fingerprint density at radius 3 is 2.44 bits per heavy atom. The van der Waals surface area contributed by atoms with Gasteiger partial charge < -0.3 is 10.1 Å². The fourth-order valence-electron chi connectivity index (χ4n) is 1.59. The van der Waals surface area contributed by atoms with Crippen molar-refractivity contribution in [3.8, 4) is 5.88 Å². The zero-order valence-electron chi connectivity index (χ0n) is 12.5. The summed E-state index contributed by atoms with van der Waals surface area (Å²) < 4.78 is 5.85. The summed E-state index contributed by atoms with van der Waals surface area (Å²) in [6.45, 7) is 13.4. The zero-order valence-corrected chi connectivity index (χ0v) is 12.5. The van der Waals surface area contributed by atoms with Crippen LogP contribution in [0.5, 0.6) is 5.88 Å². The topological polar surface area (TPSA) is 34.1 Å². The minimum atomic E-state index is -0.206. The van der Waals surface area contributed by atoms with Gasteiger partial charge in [-0.3, -0.25) is 0 Å². The van der Waals surface area contributed by atoms with Crippen molar-refractivity contribution in [2.75, 3.05) is 0 Å². The maximum Gasteiger partial charge on any atom is 0.214 e. The van der Waals surface area contributed by atoms with Gasteiger partial charge in [0, 0.05) is 24.3 Å². The molecule has 0 bridgehead atoms. The summed E-state index contributed by atoms with van der Waals surface area (Å²) in [5.41, 5.74) is 2.11. The monoisotopic (exact) mass is 250 g/mol. The molecule has 1 aromatic heterocycles. The highest BCUT2D eigenvalue weighted by Gasteiger charge is 2.13. The Hall–Kier alpha value is -1.09. The molecule has 0 aromatic carbocycles. The lowest BCUT2D eigenvalue weighted by Gasteiger charge is -2.21. The van der Waals surface area contributed by atoms with E-state index in [0.29, 0.717) is 6.04 Å². The fraction of sp³-hybridized carbons (Fsp3) is 0.667. The van der Waals surface area contributed by atoms with Crippen molar-refractivity contribution in [2.45, 2.75) is 66.2 Å². The van der Waals surface area contributed by atoms with Gasteiger partial charge in [0.25, 0.3) is 0 Å². The molecule has 1 heterocycles. The lowest BCUT2D eigenvalue weighted by atomic mass is 10.1. The van der Waals surface area contributed by atoms with E-state index < -0.39 is 0 Å². The lowest BCUT2D eigenvalue weighted by molar-refractivity contribution is 0.123. The quantitative estimate of drug-likeness (QED) is 0.870. The third-order valence-corrected chi connectivity index (χ3v) is 2.40. The molecular weight excluding hydrogens is 224 g/mol. The molecule has 0 fully saturated rings. The molecule has 0 spiro atoms. The fourth-order valence-corrected chi connectivity index (χ4v) is 1.59. The molecule has 0 aliphatic heterocycles. The molecule has 3 heteroatoms. The summed E-state index contributed by atoms with van der Waals surface area (Å²) in [6, 6.07) is 4.65. The summed E-state index contributed by atoms with van der Waals surface area (Å²) in [6.07, 6.45) is 0.927. The first-order chi connectivity index (χ1) is 8.30. The van der Waals surface area contributed by atoms with E-state index in [9.17, 15) is 0 Å². The van der Waals surface area contributed by atoms with Gasteiger partial charge in [0.2, 0.25) is 5.88 Å². The predicted octanol–water partition coefficient (Wildman–Crippen LogP) is 3.32. The lowest BCUT2D eigenvalue weighted by Crippen LogP contribution is -2.25. The van der Waals surface area contributed by atoms with Gasteiger partial charge in [0.15, 0.2) is 0 Å². The van der Waals surface area contributed by atoms with E-state index in [-0.39, 0.29) is 5.60 Å². The molecule has 0 saturated heterocycles. The number of pyridine rings is 1. The molecular formula is C15H26N2O. The van der Waals surface area contributed by atoms with E-state index in [1.54, 1.807) is 0 Å². The smallest absolute Gasteiger partial charge is 0.214 e. The molecule has 0 atom stereocenters. The van der Waals surface area contributed by atoms with Crippen molar-refractivity contribution in [3.05, 3.63) is 23.4 Å². The highest BCUT2D eigenvalue weighted by Crippen LogP contribution is 2.18. The molecule has 0 saturated carbocycles. The van der Waals surface area contributed by atoms with Gasteiger partial charge >= 0.3 is 0 Å². The summed E-state index contributed by atoms with van der Waals surface area (Å²) >= 11 is 0. The van der Waals surface area contributed by atoms with Gasteiger partial charge in [-0.05, 0) is 38.8 Å². The van der Waals surface area contributed by atoms with Gasteiger partial charge in [-0.1, -0.05) is 20.8 Å². The molecule has 1 N–H and O–H groups in total. The van der Waals surface area contributed by atoms with Crippen molar-refractivity contribution in [1.29, 1.82) is 0 Å². The third-order valence-electron chi connectivity index (χ3n) is 2.40. The summed E-state index contributed by atoms with van der Waals surface area (Å²) in [4.78, 5) is 4.51. The van der Waals surface area contributed by atoms with Crippen LogP contribution in [0.3, 0.4) is 0 Å². The highest BCUT2D eigenvalue weighted by molar-refractivity contribution is 5.25. The van der Waals surface area contributed by atoms with Crippen LogP contribution in [0.1, 0.15) is 52.8 Å². The summed E-state index contributed by atoms with van der Waals surface area (Å²) in [7, 11) is 0. The van der Waals surface area contributed by atoms with Crippen LogP contribution in [-0.2, 0) is 13.0 Å². The average Bonchev–Trinajstić information content (AvgIpc) is 2.23. The Morgan fingerprint density at radius 1 is 1.28 bits per heavy atom. The SMILES string of the molecule is CCc1cc(CNC(C)C)cc(OC(C)(C)C)n1. The molecule has 1 aromatic rings. The second-order valence-corrected chi connectivity index (χ2v) is 5.91. The second-order valence-electron chi connectivity index (χ2n) is 5.91. The van der Waals surface area contributed by atoms with Gasteiger partial charge in [0.05, 0.1) is 0 Å². The van der Waals surface area contributed by atoms with Gasteiger partial charge in [-0.15, -0.1) is 0 Å². The maximum absolute atomic E-state index is 5.85. The van der Waals surface area contributed by atoms with E-state index in [1.807, 2.05) is 26.8 Å². The molecule has 0 aliphatic carbocycles. The molecule has 0 aliphatic rings. The van der Waals surface area contributed by atoms with Gasteiger partial charge in [-0.2, -0.15) is 0 Å². The van der Waals surface area contributed by atoms with E-state index in [0.717, 1.165) is 24.5 Å². The largest absolute Gasteiger partial charge is 0.472 e. The number of hydrogen-bond donors (Lipinski definition) is 1. The predicted molar refractivity (Wildman–Crippen MR) is 76.0 cm³/mol. The standard InChI is InChI=1S/C15H26N2O/c1-7-13-8-12(10-16-11(2)3)9-14(17-13)18-15(4,5)6/h8-9,11,16H,7,10H2,1-6H3. The van der Waals surface area contributed by atoms with Gasteiger partial charge in [0.1, 0.15) is 5.60 Å². The number of aryl methyl sites for hydroxylation is 1. The maximum atomic E-state index is 5.85. The van der Waals surface area contributed by atoms with Crippen LogP contribution in [0.2, 0.25) is 0 Å². The van der Waals surface area contributed by atoms with Crippen LogP contribution in [0, 0.1) is 0 Å². The minimum Gasteiger partial charge on any atom is -0.472 e. The molecule has 1 rings (SSSR count). The first-order valence-electron chi connectivity index (χ1n) is 6.72. The minimum absolute atomic E-state index is 0.206. The number of hydrogen-bond acceptors (Lipinski definition) is 3. The first kappa shape index (κ1) is 15.0. The Bertz CT molecular complexity index is 381. The van der Waals surface area contributed by atoms with Crippen molar-refractivity contribution in [1.82, 2.24) is 10.3 Å². The average molecular weight is 250 g/mol. The summed E-state index contributed by atoms with van der Waals surface area (Å²) in [5, 5.41) is 3.42. The molecule has 0 amide bonds. The van der Waals surface area contributed by atoms with Gasteiger partial charge in [-0.25, -0.2) is 4.98 Å². The molecule has 3 nitrogen and oxygen atoms in total.